The van der Waals surface area contributed by atoms with Gasteiger partial charge >= 0.3 is 0 Å². The molecule has 0 aliphatic carbocycles. The highest BCUT2D eigenvalue weighted by atomic mass is 35.6. The molecule has 2 heterocycles. The van der Waals surface area contributed by atoms with E-state index in [4.69, 9.17) is 44.3 Å². The summed E-state index contributed by atoms with van der Waals surface area (Å²) in [6.45, 7) is 6.10. The number of aliphatic hydroxyl groups excluding tert-OH is 1. The third-order valence-corrected chi connectivity index (χ3v) is 9.46. The summed E-state index contributed by atoms with van der Waals surface area (Å²) >= 11 is 17.1. The molecule has 7 nitrogen and oxygen atoms in total. The van der Waals surface area contributed by atoms with E-state index in [2.05, 4.69) is 57.6 Å². The molecule has 48 heavy (non-hydrogen) atoms. The Morgan fingerprint density at radius 3 is 2.10 bits per heavy atom. The minimum absolute atomic E-state index is 0.00814. The Bertz CT molecular complexity index is 1630. The van der Waals surface area contributed by atoms with Gasteiger partial charge in [0.2, 0.25) is 0 Å². The lowest BCUT2D eigenvalue weighted by atomic mass is 9.98. The molecule has 0 aromatic heterocycles. The molecule has 2 fully saturated rings. The van der Waals surface area contributed by atoms with Crippen molar-refractivity contribution >= 4 is 40.7 Å². The van der Waals surface area contributed by atoms with E-state index in [1.807, 2.05) is 60.7 Å². The third-order valence-electron chi connectivity index (χ3n) is 8.94. The van der Waals surface area contributed by atoms with Crippen LogP contribution in [-0.2, 0) is 34.0 Å². The Morgan fingerprint density at radius 1 is 0.750 bits per heavy atom. The molecular weight excluding hydrogens is 669 g/mol. The summed E-state index contributed by atoms with van der Waals surface area (Å²) in [6, 6.07) is 34.7. The van der Waals surface area contributed by atoms with Gasteiger partial charge in [-0.1, -0.05) is 132 Å². The molecule has 6 rings (SSSR count). The lowest BCUT2D eigenvalue weighted by Crippen LogP contribution is -2.49. The molecule has 2 aliphatic rings. The number of benzene rings is 4. The maximum atomic E-state index is 12.0. The van der Waals surface area contributed by atoms with Crippen LogP contribution in [0, 0.1) is 0 Å². The smallest absolute Gasteiger partial charge is 0.272 e. The summed E-state index contributed by atoms with van der Waals surface area (Å²) in [5.74, 6) is -0.666. The van der Waals surface area contributed by atoms with Gasteiger partial charge in [-0.05, 0) is 39.4 Å². The molecule has 0 spiro atoms. The van der Waals surface area contributed by atoms with E-state index in [1.165, 1.54) is 5.56 Å². The number of ether oxygens (including phenoxy) is 2. The van der Waals surface area contributed by atoms with Crippen LogP contribution in [0.1, 0.15) is 46.6 Å². The van der Waals surface area contributed by atoms with E-state index < -0.39 is 16.0 Å². The Kier molecular flexibility index (Phi) is 11.7. The van der Waals surface area contributed by atoms with Gasteiger partial charge in [-0.3, -0.25) is 14.6 Å². The fourth-order valence-corrected chi connectivity index (χ4v) is 6.47. The molecule has 10 heteroatoms. The number of piperazine rings is 1. The summed E-state index contributed by atoms with van der Waals surface area (Å²) < 4.78 is 11.2. The normalized spacial score (nSPS) is 20.8. The fourth-order valence-electron chi connectivity index (χ4n) is 6.27. The Labute approximate surface area is 297 Å². The Balaban J connectivity index is 1.13. The van der Waals surface area contributed by atoms with Crippen LogP contribution < -0.4 is 5.32 Å². The van der Waals surface area contributed by atoms with Crippen molar-refractivity contribution in [2.45, 2.75) is 48.4 Å². The number of carbonyl (C=O) groups excluding carboxylic acids is 1. The lowest BCUT2D eigenvalue weighted by molar-refractivity contribution is -0.253. The SMILES string of the molecule is O=C(NCc1cccc(-c2ccc([C@@H]3O[C@H](CN4CCN(Cc5ccccc5)CC4)C[C@H](c4ccc(CO)cc4)O3)cc2)c1)C(Cl)(Cl)Cl. The largest absolute Gasteiger partial charge is 0.392 e. The summed E-state index contributed by atoms with van der Waals surface area (Å²) in [4.78, 5) is 17.0. The number of nitrogens with zero attached hydrogens (tertiary/aromatic N) is 2. The van der Waals surface area contributed by atoms with Crippen LogP contribution >= 0.6 is 34.8 Å². The van der Waals surface area contributed by atoms with Gasteiger partial charge in [0.15, 0.2) is 6.29 Å². The molecule has 4 aromatic rings. The number of hydrogen-bond donors (Lipinski definition) is 2. The van der Waals surface area contributed by atoms with Crippen LogP contribution in [0.25, 0.3) is 11.1 Å². The van der Waals surface area contributed by atoms with E-state index in [0.29, 0.717) is 0 Å². The fraction of sp³-hybridized carbons (Fsp3) is 0.342. The van der Waals surface area contributed by atoms with Crippen molar-refractivity contribution < 1.29 is 19.4 Å². The average Bonchev–Trinajstić information content (AvgIpc) is 3.11. The molecule has 0 saturated carbocycles. The van der Waals surface area contributed by atoms with Gasteiger partial charge < -0.3 is 19.9 Å². The predicted octanol–water partition coefficient (Wildman–Crippen LogP) is 7.20. The molecule has 2 saturated heterocycles. The van der Waals surface area contributed by atoms with E-state index >= 15 is 0 Å². The number of nitrogens with one attached hydrogen (secondary N) is 1. The van der Waals surface area contributed by atoms with Crippen LogP contribution in [0.3, 0.4) is 0 Å². The zero-order valence-corrected chi connectivity index (χ0v) is 28.9. The molecule has 0 unspecified atom stereocenters. The van der Waals surface area contributed by atoms with E-state index in [1.54, 1.807) is 0 Å². The predicted molar refractivity (Wildman–Crippen MR) is 191 cm³/mol. The van der Waals surface area contributed by atoms with Crippen LogP contribution in [-0.4, -0.2) is 63.4 Å². The lowest BCUT2D eigenvalue weighted by Gasteiger charge is -2.40. The highest BCUT2D eigenvalue weighted by Gasteiger charge is 2.34. The molecule has 1 amide bonds. The van der Waals surface area contributed by atoms with E-state index in [0.717, 1.165) is 79.1 Å². The first-order valence-corrected chi connectivity index (χ1v) is 17.4. The van der Waals surface area contributed by atoms with Crippen molar-refractivity contribution in [2.24, 2.45) is 0 Å². The second-order valence-corrected chi connectivity index (χ2v) is 14.7. The van der Waals surface area contributed by atoms with Crippen molar-refractivity contribution in [3.8, 4) is 11.1 Å². The van der Waals surface area contributed by atoms with Gasteiger partial charge in [0, 0.05) is 57.8 Å². The van der Waals surface area contributed by atoms with Gasteiger partial charge in [-0.25, -0.2) is 0 Å². The molecule has 0 radical (unpaired) electrons. The molecule has 3 atom stereocenters. The third kappa shape index (κ3) is 9.37. The molecule has 4 aromatic carbocycles. The van der Waals surface area contributed by atoms with E-state index in [9.17, 15) is 9.90 Å². The Hall–Kier alpha value is -2.98. The van der Waals surface area contributed by atoms with Crippen LogP contribution in [0.15, 0.2) is 103 Å². The molecular formula is C38H40Cl3N3O4. The zero-order chi connectivity index (χ0) is 33.5. The van der Waals surface area contributed by atoms with Gasteiger partial charge in [0.05, 0.1) is 18.8 Å². The van der Waals surface area contributed by atoms with Crippen LogP contribution in [0.2, 0.25) is 0 Å². The number of alkyl halides is 3. The molecule has 2 N–H and O–H groups in total. The van der Waals surface area contributed by atoms with Crippen molar-refractivity contribution in [2.75, 3.05) is 32.7 Å². The summed E-state index contributed by atoms with van der Waals surface area (Å²) in [5.41, 5.74) is 7.15. The maximum Gasteiger partial charge on any atom is 0.272 e. The average molecular weight is 709 g/mol. The number of aliphatic hydroxyl groups is 1. The van der Waals surface area contributed by atoms with Crippen LogP contribution in [0.5, 0.6) is 0 Å². The maximum absolute atomic E-state index is 12.0. The van der Waals surface area contributed by atoms with Gasteiger partial charge in [0.1, 0.15) is 0 Å². The number of hydrogen-bond acceptors (Lipinski definition) is 6. The summed E-state index contributed by atoms with van der Waals surface area (Å²) in [5, 5.41) is 12.2. The number of amides is 1. The van der Waals surface area contributed by atoms with Crippen molar-refractivity contribution in [3.63, 3.8) is 0 Å². The van der Waals surface area contributed by atoms with Gasteiger partial charge in [-0.15, -0.1) is 0 Å². The first kappa shape index (κ1) is 34.9. The first-order valence-electron chi connectivity index (χ1n) is 16.3. The molecule has 0 bridgehead atoms. The minimum Gasteiger partial charge on any atom is -0.392 e. The highest BCUT2D eigenvalue weighted by Crippen LogP contribution is 2.39. The van der Waals surface area contributed by atoms with Gasteiger partial charge in [0.25, 0.3) is 9.70 Å². The standard InChI is InChI=1S/C38H40Cl3N3O4/c39-38(40,41)37(46)42-23-29-7-4-8-33(21-29)30-13-15-32(16-14-30)36-47-34(22-35(48-36)31-11-9-28(26-45)10-12-31)25-44-19-17-43(18-20-44)24-27-5-2-1-3-6-27/h1-16,21,34-36,45H,17-20,22-26H2,(H,42,46)/t34-,35+,36+/m0/s1. The highest BCUT2D eigenvalue weighted by molar-refractivity contribution is 6.76. The number of carbonyl (C=O) groups is 1. The van der Waals surface area contributed by atoms with Crippen molar-refractivity contribution in [3.05, 3.63) is 131 Å². The quantitative estimate of drug-likeness (QED) is 0.170. The molecule has 252 valence electrons. The molecule has 2 aliphatic heterocycles. The van der Waals surface area contributed by atoms with Crippen molar-refractivity contribution in [1.82, 2.24) is 15.1 Å². The topological polar surface area (TPSA) is 74.3 Å². The minimum atomic E-state index is -2.00. The second kappa shape index (κ2) is 16.2. The monoisotopic (exact) mass is 707 g/mol. The van der Waals surface area contributed by atoms with Crippen molar-refractivity contribution in [1.29, 1.82) is 0 Å². The first-order chi connectivity index (χ1) is 23.2. The van der Waals surface area contributed by atoms with Gasteiger partial charge in [-0.2, -0.15) is 0 Å². The van der Waals surface area contributed by atoms with Crippen LogP contribution in [0.4, 0.5) is 0 Å². The summed E-state index contributed by atoms with van der Waals surface area (Å²) in [6.07, 6.45) is 0.0771. The van der Waals surface area contributed by atoms with E-state index in [-0.39, 0.29) is 25.4 Å². The Morgan fingerprint density at radius 2 is 1.42 bits per heavy atom. The summed E-state index contributed by atoms with van der Waals surface area (Å²) in [7, 11) is 0. The zero-order valence-electron chi connectivity index (χ0n) is 26.6. The number of halogens is 3. The number of rotatable bonds is 10. The second-order valence-electron chi connectivity index (χ2n) is 12.4.